The zero-order valence-corrected chi connectivity index (χ0v) is 5.46. The number of amides is 1. The smallest absolute Gasteiger partial charge is 0.311 e. The summed E-state index contributed by atoms with van der Waals surface area (Å²) < 4.78 is 0. The van der Waals surface area contributed by atoms with Crippen LogP contribution in [-0.4, -0.2) is 24.0 Å². The molecule has 0 heterocycles. The van der Waals surface area contributed by atoms with Crippen LogP contribution >= 0.6 is 0 Å². The Hall–Kier alpha value is -1.06. The topological polar surface area (TPSA) is 66.4 Å². The Bertz CT molecular complexity index is 162. The first kappa shape index (κ1) is 7.05. The predicted octanol–water partition coefficient (Wildman–Crippen LogP) is -0.403. The lowest BCUT2D eigenvalue weighted by atomic mass is 10.1. The zero-order valence-electron chi connectivity index (χ0n) is 5.46. The summed E-state index contributed by atoms with van der Waals surface area (Å²) in [6.45, 7) is 0.270. The van der Waals surface area contributed by atoms with E-state index >= 15 is 0 Å². The maximum atomic E-state index is 10.4. The Morgan fingerprint density at radius 3 is 2.60 bits per heavy atom. The van der Waals surface area contributed by atoms with Crippen LogP contribution in [0.2, 0.25) is 0 Å². The van der Waals surface area contributed by atoms with Crippen LogP contribution in [0.5, 0.6) is 0 Å². The van der Waals surface area contributed by atoms with E-state index < -0.39 is 11.4 Å². The van der Waals surface area contributed by atoms with Gasteiger partial charge in [0.1, 0.15) is 0 Å². The summed E-state index contributed by atoms with van der Waals surface area (Å²) in [5.41, 5.74) is -0.624. The molecule has 0 atom stereocenters. The Morgan fingerprint density at radius 2 is 2.30 bits per heavy atom. The zero-order chi connectivity index (χ0) is 7.61. The van der Waals surface area contributed by atoms with Crippen molar-refractivity contribution in [3.63, 3.8) is 0 Å². The molecule has 1 amide bonds. The van der Waals surface area contributed by atoms with Gasteiger partial charge in [-0.2, -0.15) is 0 Å². The predicted molar refractivity (Wildman–Crippen MR) is 33.4 cm³/mol. The number of carbonyl (C=O) groups is 2. The van der Waals surface area contributed by atoms with E-state index in [0.717, 1.165) is 0 Å². The fourth-order valence-corrected chi connectivity index (χ4v) is 0.854. The summed E-state index contributed by atoms with van der Waals surface area (Å²) in [5.74, 6) is -0.804. The molecule has 0 aromatic carbocycles. The molecule has 0 bridgehead atoms. The van der Waals surface area contributed by atoms with E-state index in [1.807, 2.05) is 0 Å². The molecule has 0 aromatic rings. The summed E-state index contributed by atoms with van der Waals surface area (Å²) >= 11 is 0. The molecule has 0 spiro atoms. The van der Waals surface area contributed by atoms with E-state index in [1.165, 1.54) is 0 Å². The average Bonchev–Trinajstić information content (AvgIpc) is 2.64. The maximum absolute atomic E-state index is 10.4. The van der Waals surface area contributed by atoms with Crippen LogP contribution in [0, 0.1) is 5.41 Å². The molecule has 2 N–H and O–H groups in total. The molecule has 4 heteroatoms. The molecule has 56 valence electrons. The molecular weight excluding hydrogens is 134 g/mol. The SMILES string of the molecule is O=CNCC1(C(=O)O)CC1. The standard InChI is InChI=1S/C6H9NO3/c8-4-7-3-6(1-2-6)5(9)10/h4H,1-3H2,(H,7,8)(H,9,10). The van der Waals surface area contributed by atoms with Gasteiger partial charge in [-0.1, -0.05) is 0 Å². The van der Waals surface area contributed by atoms with Crippen molar-refractivity contribution in [3.8, 4) is 0 Å². The molecule has 1 aliphatic carbocycles. The Balaban J connectivity index is 2.37. The normalized spacial score (nSPS) is 19.6. The van der Waals surface area contributed by atoms with Crippen molar-refractivity contribution in [2.24, 2.45) is 5.41 Å². The summed E-state index contributed by atoms with van der Waals surface area (Å²) in [7, 11) is 0. The maximum Gasteiger partial charge on any atom is 0.311 e. The van der Waals surface area contributed by atoms with Crippen LogP contribution in [0.25, 0.3) is 0 Å². The first-order valence-corrected chi connectivity index (χ1v) is 3.12. The first-order chi connectivity index (χ1) is 4.71. The Kier molecular flexibility index (Phi) is 1.61. The van der Waals surface area contributed by atoms with Gasteiger partial charge in [0.25, 0.3) is 0 Å². The molecule has 1 fully saturated rings. The fourth-order valence-electron chi connectivity index (χ4n) is 0.854. The lowest BCUT2D eigenvalue weighted by Gasteiger charge is -2.06. The minimum absolute atomic E-state index is 0.270. The minimum atomic E-state index is -0.804. The van der Waals surface area contributed by atoms with E-state index in [2.05, 4.69) is 5.32 Å². The number of nitrogens with one attached hydrogen (secondary N) is 1. The molecule has 1 saturated carbocycles. The molecular formula is C6H9NO3. The van der Waals surface area contributed by atoms with E-state index in [4.69, 9.17) is 5.11 Å². The Morgan fingerprint density at radius 1 is 1.70 bits per heavy atom. The van der Waals surface area contributed by atoms with E-state index in [1.54, 1.807) is 0 Å². The molecule has 0 unspecified atom stereocenters. The second-order valence-electron chi connectivity index (χ2n) is 2.58. The van der Waals surface area contributed by atoms with Crippen LogP contribution < -0.4 is 5.32 Å². The highest BCUT2D eigenvalue weighted by Crippen LogP contribution is 2.44. The third kappa shape index (κ3) is 1.10. The van der Waals surface area contributed by atoms with Crippen molar-refractivity contribution >= 4 is 12.4 Å². The average molecular weight is 143 g/mol. The summed E-state index contributed by atoms with van der Waals surface area (Å²) in [6, 6.07) is 0. The highest BCUT2D eigenvalue weighted by atomic mass is 16.4. The van der Waals surface area contributed by atoms with Gasteiger partial charge in [0, 0.05) is 6.54 Å². The van der Waals surface area contributed by atoms with Gasteiger partial charge < -0.3 is 10.4 Å². The molecule has 1 aliphatic rings. The van der Waals surface area contributed by atoms with Gasteiger partial charge in [-0.25, -0.2) is 0 Å². The molecule has 0 saturated heterocycles. The number of carbonyl (C=O) groups excluding carboxylic acids is 1. The molecule has 1 rings (SSSR count). The fraction of sp³-hybridized carbons (Fsp3) is 0.667. The van der Waals surface area contributed by atoms with E-state index in [-0.39, 0.29) is 6.54 Å². The number of hydrogen-bond donors (Lipinski definition) is 2. The van der Waals surface area contributed by atoms with Crippen LogP contribution in [-0.2, 0) is 9.59 Å². The Labute approximate surface area is 58.2 Å². The highest BCUT2D eigenvalue weighted by Gasteiger charge is 2.49. The van der Waals surface area contributed by atoms with Crippen LogP contribution in [0.15, 0.2) is 0 Å². The van der Waals surface area contributed by atoms with Crippen molar-refractivity contribution < 1.29 is 14.7 Å². The van der Waals surface area contributed by atoms with Crippen molar-refractivity contribution in [2.45, 2.75) is 12.8 Å². The number of carboxylic acid groups (broad SMARTS) is 1. The quantitative estimate of drug-likeness (QED) is 0.526. The second kappa shape index (κ2) is 2.28. The monoisotopic (exact) mass is 143 g/mol. The number of carboxylic acids is 1. The third-order valence-electron chi connectivity index (χ3n) is 1.83. The first-order valence-electron chi connectivity index (χ1n) is 3.12. The van der Waals surface area contributed by atoms with Crippen LogP contribution in [0.4, 0.5) is 0 Å². The van der Waals surface area contributed by atoms with Crippen molar-refractivity contribution in [3.05, 3.63) is 0 Å². The van der Waals surface area contributed by atoms with Gasteiger partial charge in [0.15, 0.2) is 0 Å². The second-order valence-corrected chi connectivity index (χ2v) is 2.58. The molecule has 10 heavy (non-hydrogen) atoms. The van der Waals surface area contributed by atoms with E-state index in [9.17, 15) is 9.59 Å². The molecule has 0 aromatic heterocycles. The summed E-state index contributed by atoms with van der Waals surface area (Å²) in [4.78, 5) is 20.2. The van der Waals surface area contributed by atoms with Crippen LogP contribution in [0.1, 0.15) is 12.8 Å². The molecule has 4 nitrogen and oxygen atoms in total. The van der Waals surface area contributed by atoms with Gasteiger partial charge in [-0.15, -0.1) is 0 Å². The largest absolute Gasteiger partial charge is 0.481 e. The van der Waals surface area contributed by atoms with Gasteiger partial charge in [-0.05, 0) is 12.8 Å². The van der Waals surface area contributed by atoms with Gasteiger partial charge in [-0.3, -0.25) is 9.59 Å². The van der Waals surface area contributed by atoms with E-state index in [0.29, 0.717) is 19.3 Å². The van der Waals surface area contributed by atoms with Gasteiger partial charge >= 0.3 is 5.97 Å². The molecule has 0 radical (unpaired) electrons. The molecule has 0 aliphatic heterocycles. The lowest BCUT2D eigenvalue weighted by molar-refractivity contribution is -0.143. The number of aliphatic carboxylic acids is 1. The van der Waals surface area contributed by atoms with Crippen LogP contribution in [0.3, 0.4) is 0 Å². The van der Waals surface area contributed by atoms with Gasteiger partial charge in [0.2, 0.25) is 6.41 Å². The minimum Gasteiger partial charge on any atom is -0.481 e. The van der Waals surface area contributed by atoms with Gasteiger partial charge in [0.05, 0.1) is 5.41 Å². The van der Waals surface area contributed by atoms with Crippen molar-refractivity contribution in [1.82, 2.24) is 5.32 Å². The highest BCUT2D eigenvalue weighted by molar-refractivity contribution is 5.78. The third-order valence-corrected chi connectivity index (χ3v) is 1.83. The van der Waals surface area contributed by atoms with Crippen molar-refractivity contribution in [2.75, 3.05) is 6.54 Å². The summed E-state index contributed by atoms with van der Waals surface area (Å²) in [5, 5.41) is 10.9. The lowest BCUT2D eigenvalue weighted by Crippen LogP contribution is -2.28. The number of rotatable bonds is 4. The van der Waals surface area contributed by atoms with Crippen molar-refractivity contribution in [1.29, 1.82) is 0 Å². The number of hydrogen-bond acceptors (Lipinski definition) is 2. The summed E-state index contributed by atoms with van der Waals surface area (Å²) in [6.07, 6.45) is 1.90.